The van der Waals surface area contributed by atoms with E-state index in [4.69, 9.17) is 18.9 Å². The Kier molecular flexibility index (Phi) is 13.7. The summed E-state index contributed by atoms with van der Waals surface area (Å²) in [4.78, 5) is 72.6. The van der Waals surface area contributed by atoms with Gasteiger partial charge in [-0.05, 0) is 40.5 Å². The van der Waals surface area contributed by atoms with Gasteiger partial charge in [0.15, 0.2) is 0 Å². The Morgan fingerprint density at radius 3 is 1.14 bits per heavy atom. The third-order valence-electron chi connectivity index (χ3n) is 4.97. The number of amides is 2. The molecular formula is C24H40N2O10. The summed E-state index contributed by atoms with van der Waals surface area (Å²) in [5.74, 6) is -2.95. The Morgan fingerprint density at radius 2 is 0.889 bits per heavy atom. The summed E-state index contributed by atoms with van der Waals surface area (Å²) in [6.45, 7) is 11.4. The van der Waals surface area contributed by atoms with Crippen LogP contribution in [0.1, 0.15) is 68.2 Å². The highest BCUT2D eigenvalue weighted by atomic mass is 16.6. The fraction of sp³-hybridized carbons (Fsp3) is 0.750. The van der Waals surface area contributed by atoms with E-state index in [0.717, 1.165) is 0 Å². The van der Waals surface area contributed by atoms with E-state index < -0.39 is 35.1 Å². The number of nitrogens with zero attached hydrogens (tertiary/aromatic N) is 2. The highest BCUT2D eigenvalue weighted by Gasteiger charge is 2.31. The minimum Gasteiger partial charge on any atom is -0.464 e. The predicted molar refractivity (Wildman–Crippen MR) is 127 cm³/mol. The van der Waals surface area contributed by atoms with Crippen molar-refractivity contribution < 1.29 is 47.7 Å². The largest absolute Gasteiger partial charge is 0.464 e. The quantitative estimate of drug-likeness (QED) is 0.230. The van der Waals surface area contributed by atoms with E-state index in [9.17, 15) is 28.8 Å². The van der Waals surface area contributed by atoms with Crippen LogP contribution in [0.25, 0.3) is 0 Å². The second kappa shape index (κ2) is 15.0. The number of carbonyl (C=O) groups excluding carboxylic acids is 6. The minimum atomic E-state index is -0.922. The van der Waals surface area contributed by atoms with Crippen LogP contribution in [0.15, 0.2) is 0 Å². The second-order valence-corrected chi connectivity index (χ2v) is 9.53. The van der Waals surface area contributed by atoms with E-state index in [1.54, 1.807) is 27.7 Å². The van der Waals surface area contributed by atoms with Crippen molar-refractivity contribution in [1.82, 2.24) is 9.80 Å². The first-order chi connectivity index (χ1) is 16.4. The molecule has 2 amide bonds. The van der Waals surface area contributed by atoms with Gasteiger partial charge in [-0.3, -0.25) is 28.8 Å². The molecule has 36 heavy (non-hydrogen) atoms. The van der Waals surface area contributed by atoms with Crippen molar-refractivity contribution in [3.8, 4) is 0 Å². The van der Waals surface area contributed by atoms with E-state index in [2.05, 4.69) is 0 Å². The first-order valence-corrected chi connectivity index (χ1v) is 11.7. The van der Waals surface area contributed by atoms with Gasteiger partial charge in [0.1, 0.15) is 37.5 Å². The van der Waals surface area contributed by atoms with Crippen molar-refractivity contribution in [2.45, 2.75) is 79.4 Å². The number of hydrogen-bond donors (Lipinski definition) is 0. The van der Waals surface area contributed by atoms with Gasteiger partial charge in [0, 0.05) is 27.7 Å². The summed E-state index contributed by atoms with van der Waals surface area (Å²) in [5.41, 5.74) is -1.84. The molecule has 206 valence electrons. The van der Waals surface area contributed by atoms with Gasteiger partial charge in [0.25, 0.3) is 0 Å². The zero-order valence-corrected chi connectivity index (χ0v) is 22.6. The van der Waals surface area contributed by atoms with Gasteiger partial charge in [-0.15, -0.1) is 0 Å². The van der Waals surface area contributed by atoms with Gasteiger partial charge in [-0.2, -0.15) is 0 Å². The standard InChI is InChI=1S/C24H40N2O10/c1-17(27)25(11-13-33-19(3)29)15-21(31)35-23(5,6)9-10-24(7,8)36-22(32)16-26(18(2)28)12-14-34-20(4)30/h9-16H2,1-8H3. The van der Waals surface area contributed by atoms with Crippen molar-refractivity contribution in [1.29, 1.82) is 0 Å². The molecule has 0 rings (SSSR count). The zero-order valence-electron chi connectivity index (χ0n) is 22.6. The van der Waals surface area contributed by atoms with Crippen LogP contribution in [0.2, 0.25) is 0 Å². The maximum absolute atomic E-state index is 12.4. The van der Waals surface area contributed by atoms with Crippen molar-refractivity contribution in [2.75, 3.05) is 39.4 Å². The first-order valence-electron chi connectivity index (χ1n) is 11.7. The van der Waals surface area contributed by atoms with Gasteiger partial charge in [0.2, 0.25) is 11.8 Å². The summed E-state index contributed by atoms with van der Waals surface area (Å²) in [6.07, 6.45) is 0.685. The molecule has 0 radical (unpaired) electrons. The average molecular weight is 517 g/mol. The molecule has 0 spiro atoms. The van der Waals surface area contributed by atoms with E-state index in [-0.39, 0.29) is 51.2 Å². The maximum Gasteiger partial charge on any atom is 0.326 e. The van der Waals surface area contributed by atoms with Gasteiger partial charge in [-0.1, -0.05) is 0 Å². The number of ether oxygens (including phenoxy) is 4. The summed E-state index contributed by atoms with van der Waals surface area (Å²) in [7, 11) is 0. The Labute approximate surface area is 212 Å². The Hall–Kier alpha value is -3.18. The monoisotopic (exact) mass is 516 g/mol. The summed E-state index contributed by atoms with van der Waals surface area (Å²) < 4.78 is 20.7. The fourth-order valence-electron chi connectivity index (χ4n) is 2.99. The van der Waals surface area contributed by atoms with Crippen LogP contribution < -0.4 is 0 Å². The van der Waals surface area contributed by atoms with E-state index in [1.807, 2.05) is 0 Å². The molecule has 0 aromatic heterocycles. The lowest BCUT2D eigenvalue weighted by Gasteiger charge is -2.32. The van der Waals surface area contributed by atoms with Gasteiger partial charge >= 0.3 is 23.9 Å². The smallest absolute Gasteiger partial charge is 0.326 e. The van der Waals surface area contributed by atoms with Gasteiger partial charge < -0.3 is 28.7 Å². The molecule has 0 atom stereocenters. The molecule has 0 aromatic rings. The third-order valence-corrected chi connectivity index (χ3v) is 4.97. The lowest BCUT2D eigenvalue weighted by Crippen LogP contribution is -2.42. The van der Waals surface area contributed by atoms with Crippen LogP contribution in [-0.4, -0.2) is 96.1 Å². The first kappa shape index (κ1) is 32.8. The molecular weight excluding hydrogens is 476 g/mol. The molecule has 0 unspecified atom stereocenters. The number of esters is 4. The van der Waals surface area contributed by atoms with Crippen LogP contribution >= 0.6 is 0 Å². The molecule has 0 N–H and O–H groups in total. The Bertz CT molecular complexity index is 741. The van der Waals surface area contributed by atoms with Crippen LogP contribution in [0.5, 0.6) is 0 Å². The molecule has 12 nitrogen and oxygen atoms in total. The highest BCUT2D eigenvalue weighted by molar-refractivity contribution is 5.81. The molecule has 0 saturated heterocycles. The number of carbonyl (C=O) groups is 6. The molecule has 0 heterocycles. The van der Waals surface area contributed by atoms with Crippen LogP contribution in [0.3, 0.4) is 0 Å². The van der Waals surface area contributed by atoms with Crippen molar-refractivity contribution >= 4 is 35.7 Å². The van der Waals surface area contributed by atoms with E-state index >= 15 is 0 Å². The SMILES string of the molecule is CC(=O)OCCN(CC(=O)OC(C)(C)CCC(C)(C)OC(=O)CN(CCOC(C)=O)C(C)=O)C(C)=O. The highest BCUT2D eigenvalue weighted by Crippen LogP contribution is 2.25. The number of hydrogen-bond acceptors (Lipinski definition) is 10. The van der Waals surface area contributed by atoms with Gasteiger partial charge in [0.05, 0.1) is 13.1 Å². The van der Waals surface area contributed by atoms with Crippen LogP contribution in [-0.2, 0) is 47.7 Å². The predicted octanol–water partition coefficient (Wildman–Crippen LogP) is 1.23. The molecule has 0 bridgehead atoms. The third kappa shape index (κ3) is 15.7. The van der Waals surface area contributed by atoms with Gasteiger partial charge in [-0.25, -0.2) is 0 Å². The summed E-state index contributed by atoms with van der Waals surface area (Å²) >= 11 is 0. The molecule has 0 aliphatic heterocycles. The summed E-state index contributed by atoms with van der Waals surface area (Å²) in [6, 6.07) is 0. The lowest BCUT2D eigenvalue weighted by molar-refractivity contribution is -0.167. The molecule has 0 saturated carbocycles. The van der Waals surface area contributed by atoms with E-state index in [1.165, 1.54) is 37.5 Å². The van der Waals surface area contributed by atoms with Crippen LogP contribution in [0.4, 0.5) is 0 Å². The average Bonchev–Trinajstić information content (AvgIpc) is 2.69. The molecule has 0 aliphatic rings. The number of rotatable bonds is 15. The Morgan fingerprint density at radius 1 is 0.583 bits per heavy atom. The van der Waals surface area contributed by atoms with Crippen molar-refractivity contribution in [2.24, 2.45) is 0 Å². The van der Waals surface area contributed by atoms with Crippen molar-refractivity contribution in [3.63, 3.8) is 0 Å². The molecule has 12 heteroatoms. The summed E-state index contributed by atoms with van der Waals surface area (Å²) in [5, 5.41) is 0. The topological polar surface area (TPSA) is 146 Å². The lowest BCUT2D eigenvalue weighted by atomic mass is 9.93. The zero-order chi connectivity index (χ0) is 28.1. The second-order valence-electron chi connectivity index (χ2n) is 9.53. The minimum absolute atomic E-state index is 0.0318. The fourth-order valence-corrected chi connectivity index (χ4v) is 2.99. The normalized spacial score (nSPS) is 11.2. The molecule has 0 fully saturated rings. The molecule has 0 aromatic carbocycles. The van der Waals surface area contributed by atoms with Crippen LogP contribution in [0, 0.1) is 0 Å². The Balaban J connectivity index is 4.78. The van der Waals surface area contributed by atoms with E-state index in [0.29, 0.717) is 12.8 Å². The van der Waals surface area contributed by atoms with Crippen molar-refractivity contribution in [3.05, 3.63) is 0 Å². The molecule has 0 aliphatic carbocycles. The maximum atomic E-state index is 12.4.